The van der Waals surface area contributed by atoms with E-state index in [0.717, 1.165) is 43.7 Å². The number of amides is 1. The molecule has 5 N–H and O–H groups in total. The van der Waals surface area contributed by atoms with E-state index in [2.05, 4.69) is 43.7 Å². The molecule has 4 rings (SSSR count). The minimum atomic E-state index is -4.45. The summed E-state index contributed by atoms with van der Waals surface area (Å²) in [5, 5.41) is 17.1. The van der Waals surface area contributed by atoms with Gasteiger partial charge in [0.05, 0.1) is 12.1 Å². The molecular formula is C25H29ClF3N7O2. The second-order valence-electron chi connectivity index (χ2n) is 9.95. The number of benzene rings is 1. The number of alkyl halides is 3. The van der Waals surface area contributed by atoms with E-state index >= 15 is 0 Å². The molecule has 1 aromatic carbocycles. The maximum atomic E-state index is 13.4. The number of hydrazone groups is 1. The summed E-state index contributed by atoms with van der Waals surface area (Å²) in [5.74, 6) is 6.38. The van der Waals surface area contributed by atoms with E-state index in [1.807, 2.05) is 0 Å². The third-order valence-corrected chi connectivity index (χ3v) is 6.74. The molecule has 1 aromatic heterocycles. The highest BCUT2D eigenvalue weighted by Gasteiger charge is 2.31. The molecule has 38 heavy (non-hydrogen) atoms. The quantitative estimate of drug-likeness (QED) is 0.352. The molecule has 0 radical (unpaired) electrons. The van der Waals surface area contributed by atoms with Crippen LogP contribution in [0.3, 0.4) is 0 Å². The summed E-state index contributed by atoms with van der Waals surface area (Å²) in [7, 11) is 0. The molecule has 13 heteroatoms. The SMILES string of the molecule is CC(C)(O)C#Cc1nc(Cl)n(Cc2ccc(C(F)(F)F)cc2)c1C(=O)NCC1CCC(C2=NNNN2)CC1. The summed E-state index contributed by atoms with van der Waals surface area (Å²) in [6.07, 6.45) is -0.791. The lowest BCUT2D eigenvalue weighted by Crippen LogP contribution is -2.39. The van der Waals surface area contributed by atoms with Gasteiger partial charge in [0.25, 0.3) is 5.91 Å². The van der Waals surface area contributed by atoms with Gasteiger partial charge in [-0.05, 0) is 80.7 Å². The van der Waals surface area contributed by atoms with Gasteiger partial charge in [-0.25, -0.2) is 10.5 Å². The summed E-state index contributed by atoms with van der Waals surface area (Å²) in [6, 6.07) is 4.61. The topological polar surface area (TPSA) is 116 Å². The van der Waals surface area contributed by atoms with E-state index in [1.54, 1.807) is 0 Å². The Morgan fingerprint density at radius 1 is 1.21 bits per heavy atom. The van der Waals surface area contributed by atoms with Crippen LogP contribution < -0.4 is 21.8 Å². The van der Waals surface area contributed by atoms with Crippen molar-refractivity contribution in [2.24, 2.45) is 16.9 Å². The van der Waals surface area contributed by atoms with Gasteiger partial charge in [0.1, 0.15) is 22.8 Å². The Kier molecular flexibility index (Phi) is 8.20. The van der Waals surface area contributed by atoms with Gasteiger partial charge in [-0.1, -0.05) is 18.1 Å². The van der Waals surface area contributed by atoms with Gasteiger partial charge in [0, 0.05) is 12.5 Å². The summed E-state index contributed by atoms with van der Waals surface area (Å²) < 4.78 is 40.3. The number of nitrogens with one attached hydrogen (secondary N) is 4. The number of carbonyl (C=O) groups excluding carboxylic acids is 1. The number of imidazole rings is 1. The van der Waals surface area contributed by atoms with Gasteiger partial charge in [-0.3, -0.25) is 10.2 Å². The number of aromatic nitrogens is 2. The van der Waals surface area contributed by atoms with Crippen molar-refractivity contribution >= 4 is 23.3 Å². The second-order valence-corrected chi connectivity index (χ2v) is 10.3. The monoisotopic (exact) mass is 551 g/mol. The highest BCUT2D eigenvalue weighted by atomic mass is 35.5. The van der Waals surface area contributed by atoms with Crippen LogP contribution in [0.2, 0.25) is 5.28 Å². The number of aliphatic hydroxyl groups is 1. The molecule has 2 aliphatic rings. The van der Waals surface area contributed by atoms with Gasteiger partial charge in [-0.15, -0.1) is 10.6 Å². The van der Waals surface area contributed by atoms with Crippen LogP contribution in [0.1, 0.15) is 66.8 Å². The first-order valence-electron chi connectivity index (χ1n) is 12.2. The van der Waals surface area contributed by atoms with E-state index in [-0.39, 0.29) is 29.1 Å². The van der Waals surface area contributed by atoms with Crippen molar-refractivity contribution in [3.8, 4) is 11.8 Å². The lowest BCUT2D eigenvalue weighted by atomic mass is 9.81. The zero-order valence-electron chi connectivity index (χ0n) is 20.9. The average molecular weight is 552 g/mol. The normalized spacial score (nSPS) is 19.6. The van der Waals surface area contributed by atoms with Crippen molar-refractivity contribution in [3.63, 3.8) is 0 Å². The van der Waals surface area contributed by atoms with Crippen molar-refractivity contribution in [2.75, 3.05) is 6.54 Å². The van der Waals surface area contributed by atoms with E-state index in [1.165, 1.54) is 30.5 Å². The molecule has 204 valence electrons. The van der Waals surface area contributed by atoms with Crippen LogP contribution in [0.4, 0.5) is 13.2 Å². The molecule has 0 saturated heterocycles. The van der Waals surface area contributed by atoms with E-state index in [9.17, 15) is 23.1 Å². The molecule has 9 nitrogen and oxygen atoms in total. The molecule has 0 spiro atoms. The number of hydrazine groups is 2. The first kappa shape index (κ1) is 27.8. The summed E-state index contributed by atoms with van der Waals surface area (Å²) in [6.45, 7) is 3.44. The molecular weight excluding hydrogens is 523 g/mol. The highest BCUT2D eigenvalue weighted by Crippen LogP contribution is 2.30. The van der Waals surface area contributed by atoms with Crippen LogP contribution in [0.5, 0.6) is 0 Å². The van der Waals surface area contributed by atoms with Gasteiger partial charge in [0.2, 0.25) is 5.28 Å². The molecule has 1 amide bonds. The van der Waals surface area contributed by atoms with Crippen molar-refractivity contribution in [1.29, 1.82) is 0 Å². The molecule has 1 saturated carbocycles. The molecule has 2 aromatic rings. The van der Waals surface area contributed by atoms with Gasteiger partial charge < -0.3 is 15.0 Å². The maximum absolute atomic E-state index is 13.4. The molecule has 2 heterocycles. The Labute approximate surface area is 223 Å². The number of hydrogen-bond donors (Lipinski definition) is 5. The Morgan fingerprint density at radius 2 is 1.89 bits per heavy atom. The lowest BCUT2D eigenvalue weighted by Gasteiger charge is -2.28. The average Bonchev–Trinajstić information content (AvgIpc) is 3.50. The van der Waals surface area contributed by atoms with Crippen LogP contribution in [-0.4, -0.2) is 38.5 Å². The zero-order chi connectivity index (χ0) is 27.5. The molecule has 0 bridgehead atoms. The second kappa shape index (κ2) is 11.2. The van der Waals surface area contributed by atoms with Crippen LogP contribution in [0.25, 0.3) is 0 Å². The minimum absolute atomic E-state index is 0.0131. The summed E-state index contributed by atoms with van der Waals surface area (Å²) in [4.78, 5) is 17.6. The largest absolute Gasteiger partial charge is 0.416 e. The van der Waals surface area contributed by atoms with Crippen LogP contribution >= 0.6 is 11.6 Å². The van der Waals surface area contributed by atoms with E-state index in [0.29, 0.717) is 18.0 Å². The Balaban J connectivity index is 1.50. The number of hydrogen-bond acceptors (Lipinski definition) is 7. The number of amidine groups is 1. The fourth-order valence-electron chi connectivity index (χ4n) is 4.44. The third-order valence-electron chi connectivity index (χ3n) is 6.45. The van der Waals surface area contributed by atoms with E-state index < -0.39 is 23.2 Å². The number of rotatable bonds is 6. The predicted octanol–water partition coefficient (Wildman–Crippen LogP) is 3.19. The van der Waals surface area contributed by atoms with Crippen molar-refractivity contribution in [2.45, 2.75) is 57.9 Å². The van der Waals surface area contributed by atoms with E-state index in [4.69, 9.17) is 11.6 Å². The van der Waals surface area contributed by atoms with Crippen molar-refractivity contribution in [1.82, 2.24) is 31.4 Å². The highest BCUT2D eigenvalue weighted by molar-refractivity contribution is 6.29. The number of halogens is 4. The molecule has 1 aliphatic heterocycles. The first-order chi connectivity index (χ1) is 17.9. The minimum Gasteiger partial charge on any atom is -0.378 e. The Morgan fingerprint density at radius 3 is 2.47 bits per heavy atom. The third kappa shape index (κ3) is 6.98. The first-order valence-corrected chi connectivity index (χ1v) is 12.6. The fourth-order valence-corrected chi connectivity index (χ4v) is 4.67. The summed E-state index contributed by atoms with van der Waals surface area (Å²) in [5.41, 5.74) is 6.96. The lowest BCUT2D eigenvalue weighted by molar-refractivity contribution is -0.137. The predicted molar refractivity (Wildman–Crippen MR) is 136 cm³/mol. The molecule has 1 aliphatic carbocycles. The smallest absolute Gasteiger partial charge is 0.378 e. The zero-order valence-corrected chi connectivity index (χ0v) is 21.7. The number of carbonyl (C=O) groups is 1. The summed E-state index contributed by atoms with van der Waals surface area (Å²) >= 11 is 6.36. The van der Waals surface area contributed by atoms with Gasteiger partial charge >= 0.3 is 6.18 Å². The number of nitrogens with zero attached hydrogens (tertiary/aromatic N) is 3. The van der Waals surface area contributed by atoms with Crippen LogP contribution in [0, 0.1) is 23.7 Å². The Bertz CT molecular complexity index is 1250. The van der Waals surface area contributed by atoms with Crippen LogP contribution in [0.15, 0.2) is 29.4 Å². The molecule has 0 atom stereocenters. The van der Waals surface area contributed by atoms with Gasteiger partial charge in [0.15, 0.2) is 0 Å². The van der Waals surface area contributed by atoms with Crippen molar-refractivity contribution in [3.05, 3.63) is 52.1 Å². The molecule has 1 fully saturated rings. The van der Waals surface area contributed by atoms with Crippen molar-refractivity contribution < 1.29 is 23.1 Å². The fraction of sp³-hybridized carbons (Fsp3) is 0.480. The van der Waals surface area contributed by atoms with Gasteiger partial charge in [-0.2, -0.15) is 13.2 Å². The standard InChI is InChI=1S/C25H29ClF3N7O2/c1-24(2,38)12-11-19-20(22(37)30-13-15-3-7-17(8-4-15)21-32-34-35-33-21)36(23(26)31-19)14-16-5-9-18(10-6-16)25(27,28)29/h5-6,9-10,15,17,34-35,38H,3-4,7-8,13-14H2,1-2H3,(H,30,37)(H,32,33). The van der Waals surface area contributed by atoms with Crippen LogP contribution in [-0.2, 0) is 12.7 Å². The Hall–Kier alpha value is -3.27. The maximum Gasteiger partial charge on any atom is 0.416 e. The molecule has 0 unspecified atom stereocenters.